The van der Waals surface area contributed by atoms with Gasteiger partial charge in [-0.1, -0.05) is 18.2 Å². The molecule has 0 radical (unpaired) electrons. The molecule has 4 N–H and O–H groups in total. The molecule has 0 aliphatic carbocycles. The molecule has 0 bridgehead atoms. The molecule has 0 spiro atoms. The van der Waals surface area contributed by atoms with Gasteiger partial charge in [-0.25, -0.2) is 4.79 Å². The first kappa shape index (κ1) is 25.9. The van der Waals surface area contributed by atoms with Gasteiger partial charge in [0.05, 0.1) is 17.2 Å². The second-order valence-corrected chi connectivity index (χ2v) is 8.33. The number of fused-ring (bicyclic) bond motifs is 1. The second kappa shape index (κ2) is 9.16. The topological polar surface area (TPSA) is 94.2 Å². The van der Waals surface area contributed by atoms with Gasteiger partial charge in [0, 0.05) is 23.5 Å². The predicted molar refractivity (Wildman–Crippen MR) is 115 cm³/mol. The molecule has 0 saturated carbocycles. The van der Waals surface area contributed by atoms with Gasteiger partial charge < -0.3 is 20.7 Å². The van der Waals surface area contributed by atoms with E-state index in [1.807, 2.05) is 0 Å². The SMILES string of the molecule is CC(NC(=O)[C@@](C)(Cc1c[nH]c2ccccc12)NC(=O)O)c1cc(C(F)(F)F)cc(C(F)(F)F)c1. The molecule has 1 aromatic heterocycles. The number of H-pyrrole nitrogens is 1. The molecule has 0 saturated heterocycles. The van der Waals surface area contributed by atoms with Crippen molar-refractivity contribution in [1.29, 1.82) is 0 Å². The first-order valence-corrected chi connectivity index (χ1v) is 10.3. The summed E-state index contributed by atoms with van der Waals surface area (Å²) in [6.07, 6.45) is -10.2. The number of carbonyl (C=O) groups is 2. The number of alkyl halides is 6. The highest BCUT2D eigenvalue weighted by atomic mass is 19.4. The van der Waals surface area contributed by atoms with Gasteiger partial charge >= 0.3 is 18.4 Å². The number of carboxylic acid groups (broad SMARTS) is 1. The van der Waals surface area contributed by atoms with Gasteiger partial charge in [-0.3, -0.25) is 4.79 Å². The lowest BCUT2D eigenvalue weighted by Crippen LogP contribution is -2.58. The summed E-state index contributed by atoms with van der Waals surface area (Å²) in [5.74, 6) is -0.927. The van der Waals surface area contributed by atoms with Gasteiger partial charge in [-0.05, 0) is 49.2 Å². The zero-order valence-corrected chi connectivity index (χ0v) is 18.4. The third kappa shape index (κ3) is 5.87. The maximum absolute atomic E-state index is 13.2. The standard InChI is InChI=1S/C23H21F6N3O3/c1-12(13-7-15(22(24,25)26)9-16(8-13)23(27,28)29)31-19(33)21(2,32-20(34)35)10-14-11-30-18-6-4-3-5-17(14)18/h3-9,11-12,30,32H,10H2,1-2H3,(H,31,33)(H,34,35)/t12?,21-/m1/s1. The summed E-state index contributed by atoms with van der Waals surface area (Å²) in [5.41, 5.74) is -3.96. The summed E-state index contributed by atoms with van der Waals surface area (Å²) in [6, 6.07) is 6.77. The average Bonchev–Trinajstić information content (AvgIpc) is 3.14. The number of rotatable bonds is 6. The summed E-state index contributed by atoms with van der Waals surface area (Å²) in [5, 5.41) is 14.5. The summed E-state index contributed by atoms with van der Waals surface area (Å²) >= 11 is 0. The quantitative estimate of drug-likeness (QED) is 0.329. The molecule has 0 aliphatic heterocycles. The Bertz CT molecular complexity index is 1220. The number of aromatic nitrogens is 1. The Hall–Kier alpha value is -3.70. The normalized spacial score (nSPS) is 14.9. The number of amides is 2. The Morgan fingerprint density at radius 1 is 1.00 bits per heavy atom. The third-order valence-corrected chi connectivity index (χ3v) is 5.56. The monoisotopic (exact) mass is 501 g/mol. The van der Waals surface area contributed by atoms with Crippen LogP contribution in [0.4, 0.5) is 31.1 Å². The number of benzene rings is 2. The number of halogens is 6. The molecule has 188 valence electrons. The Morgan fingerprint density at radius 2 is 1.57 bits per heavy atom. The minimum Gasteiger partial charge on any atom is -0.465 e. The van der Waals surface area contributed by atoms with Crippen molar-refractivity contribution in [3.8, 4) is 0 Å². The first-order chi connectivity index (χ1) is 16.1. The third-order valence-electron chi connectivity index (χ3n) is 5.56. The van der Waals surface area contributed by atoms with Gasteiger partial charge in [0.1, 0.15) is 5.54 Å². The van der Waals surface area contributed by atoms with Crippen molar-refractivity contribution >= 4 is 22.9 Å². The van der Waals surface area contributed by atoms with Crippen LogP contribution in [0, 0.1) is 0 Å². The molecule has 2 atom stereocenters. The number of nitrogens with one attached hydrogen (secondary N) is 3. The first-order valence-electron chi connectivity index (χ1n) is 10.3. The molecule has 1 heterocycles. The van der Waals surface area contributed by atoms with Crippen LogP contribution in [-0.2, 0) is 23.6 Å². The average molecular weight is 501 g/mol. The Labute approximate surface area is 195 Å². The van der Waals surface area contributed by atoms with E-state index >= 15 is 0 Å². The van der Waals surface area contributed by atoms with Crippen LogP contribution in [0.15, 0.2) is 48.7 Å². The summed E-state index contributed by atoms with van der Waals surface area (Å²) in [7, 11) is 0. The Kier molecular flexibility index (Phi) is 6.78. The van der Waals surface area contributed by atoms with Crippen molar-refractivity contribution in [1.82, 2.24) is 15.6 Å². The number of hydrogen-bond donors (Lipinski definition) is 4. The number of hydrogen-bond acceptors (Lipinski definition) is 2. The molecule has 3 aromatic rings. The second-order valence-electron chi connectivity index (χ2n) is 8.33. The predicted octanol–water partition coefficient (Wildman–Crippen LogP) is 5.65. The Morgan fingerprint density at radius 3 is 2.11 bits per heavy atom. The smallest absolute Gasteiger partial charge is 0.416 e. The van der Waals surface area contributed by atoms with Crippen molar-refractivity contribution in [2.24, 2.45) is 0 Å². The van der Waals surface area contributed by atoms with Crippen LogP contribution in [0.2, 0.25) is 0 Å². The zero-order chi connectivity index (χ0) is 26.2. The largest absolute Gasteiger partial charge is 0.465 e. The van der Waals surface area contributed by atoms with E-state index in [1.165, 1.54) is 13.8 Å². The Balaban J connectivity index is 1.93. The van der Waals surface area contributed by atoms with Crippen LogP contribution in [-0.4, -0.2) is 27.6 Å². The van der Waals surface area contributed by atoms with Gasteiger partial charge in [0.25, 0.3) is 0 Å². The molecular formula is C23H21F6N3O3. The van der Waals surface area contributed by atoms with E-state index in [4.69, 9.17) is 0 Å². The van der Waals surface area contributed by atoms with Crippen LogP contribution >= 0.6 is 0 Å². The fourth-order valence-electron chi connectivity index (χ4n) is 3.74. The zero-order valence-electron chi connectivity index (χ0n) is 18.4. The van der Waals surface area contributed by atoms with E-state index in [0.717, 1.165) is 10.9 Å². The van der Waals surface area contributed by atoms with E-state index < -0.39 is 52.6 Å². The molecular weight excluding hydrogens is 480 g/mol. The molecule has 2 aromatic carbocycles. The minimum absolute atomic E-state index is 0.00878. The highest BCUT2D eigenvalue weighted by molar-refractivity contribution is 5.91. The molecule has 1 unspecified atom stereocenters. The van der Waals surface area contributed by atoms with Crippen molar-refractivity contribution in [2.75, 3.05) is 0 Å². The van der Waals surface area contributed by atoms with Gasteiger partial charge in [0.15, 0.2) is 0 Å². The number of aromatic amines is 1. The van der Waals surface area contributed by atoms with Crippen LogP contribution in [0.3, 0.4) is 0 Å². The molecule has 6 nitrogen and oxygen atoms in total. The van der Waals surface area contributed by atoms with Gasteiger partial charge in [-0.15, -0.1) is 0 Å². The maximum atomic E-state index is 13.2. The minimum atomic E-state index is -5.05. The number of carbonyl (C=O) groups excluding carboxylic acids is 1. The van der Waals surface area contributed by atoms with Crippen molar-refractivity contribution < 1.29 is 41.0 Å². The fraction of sp³-hybridized carbons (Fsp3) is 0.304. The molecule has 2 amide bonds. The van der Waals surface area contributed by atoms with Gasteiger partial charge in [-0.2, -0.15) is 26.3 Å². The van der Waals surface area contributed by atoms with Crippen molar-refractivity contribution in [3.05, 3.63) is 70.9 Å². The van der Waals surface area contributed by atoms with Crippen molar-refractivity contribution in [3.63, 3.8) is 0 Å². The highest BCUT2D eigenvalue weighted by Crippen LogP contribution is 2.37. The van der Waals surface area contributed by atoms with Crippen LogP contribution in [0.25, 0.3) is 10.9 Å². The van der Waals surface area contributed by atoms with Crippen molar-refractivity contribution in [2.45, 2.75) is 44.2 Å². The lowest BCUT2D eigenvalue weighted by Gasteiger charge is -2.30. The molecule has 3 rings (SSSR count). The maximum Gasteiger partial charge on any atom is 0.416 e. The van der Waals surface area contributed by atoms with Crippen LogP contribution in [0.5, 0.6) is 0 Å². The lowest BCUT2D eigenvalue weighted by molar-refractivity contribution is -0.143. The van der Waals surface area contributed by atoms with E-state index in [2.05, 4.69) is 15.6 Å². The van der Waals surface area contributed by atoms with Crippen LogP contribution in [0.1, 0.15) is 42.1 Å². The van der Waals surface area contributed by atoms with E-state index in [0.29, 0.717) is 17.7 Å². The van der Waals surface area contributed by atoms with E-state index in [9.17, 15) is 41.0 Å². The molecule has 0 aliphatic rings. The molecule has 0 fully saturated rings. The van der Waals surface area contributed by atoms with E-state index in [-0.39, 0.29) is 12.5 Å². The van der Waals surface area contributed by atoms with Crippen LogP contribution < -0.4 is 10.6 Å². The fourth-order valence-corrected chi connectivity index (χ4v) is 3.74. The lowest BCUT2D eigenvalue weighted by atomic mass is 9.90. The van der Waals surface area contributed by atoms with Gasteiger partial charge in [0.2, 0.25) is 5.91 Å². The molecule has 12 heteroatoms. The summed E-state index contributed by atoms with van der Waals surface area (Å²) in [6.45, 7) is 2.48. The summed E-state index contributed by atoms with van der Waals surface area (Å²) < 4.78 is 79.2. The summed E-state index contributed by atoms with van der Waals surface area (Å²) in [4.78, 5) is 27.5. The molecule has 35 heavy (non-hydrogen) atoms. The highest BCUT2D eigenvalue weighted by Gasteiger charge is 2.39. The number of para-hydroxylation sites is 1. The van der Waals surface area contributed by atoms with E-state index in [1.54, 1.807) is 30.5 Å².